The van der Waals surface area contributed by atoms with Gasteiger partial charge in [0, 0.05) is 68.0 Å². The summed E-state index contributed by atoms with van der Waals surface area (Å²) in [4.78, 5) is 35.6. The molecule has 8 nitrogen and oxygen atoms in total. The number of amides is 2. The van der Waals surface area contributed by atoms with E-state index in [0.29, 0.717) is 31.1 Å². The fraction of sp³-hybridized carbons (Fsp3) is 0.391. The zero-order valence-corrected chi connectivity index (χ0v) is 19.0. The first-order valence-electron chi connectivity index (χ1n) is 10.8. The number of anilines is 1. The molecular formula is C23H25N5O3S. The predicted molar refractivity (Wildman–Crippen MR) is 122 cm³/mol. The van der Waals surface area contributed by atoms with Gasteiger partial charge >= 0.3 is 0 Å². The Morgan fingerprint density at radius 2 is 2.00 bits per heavy atom. The van der Waals surface area contributed by atoms with Crippen LogP contribution in [0.5, 0.6) is 0 Å². The highest BCUT2D eigenvalue weighted by Crippen LogP contribution is 2.32. The Hall–Kier alpha value is -3.04. The second-order valence-electron chi connectivity index (χ2n) is 8.28. The van der Waals surface area contributed by atoms with Gasteiger partial charge in [0.1, 0.15) is 5.76 Å². The Balaban J connectivity index is 1.25. The van der Waals surface area contributed by atoms with Crippen LogP contribution in [0.1, 0.15) is 27.7 Å². The van der Waals surface area contributed by atoms with Crippen LogP contribution in [-0.2, 0) is 4.79 Å². The Bertz CT molecular complexity index is 1110. The molecule has 2 fully saturated rings. The van der Waals surface area contributed by atoms with Crippen LogP contribution in [0.3, 0.4) is 0 Å². The van der Waals surface area contributed by atoms with Crippen molar-refractivity contribution in [2.24, 2.45) is 0 Å². The van der Waals surface area contributed by atoms with Crippen molar-refractivity contribution >= 4 is 28.8 Å². The summed E-state index contributed by atoms with van der Waals surface area (Å²) >= 11 is 1.37. The third-order valence-corrected chi connectivity index (χ3v) is 7.08. The number of aromatic nitrogens is 2. The summed E-state index contributed by atoms with van der Waals surface area (Å²) in [5.41, 5.74) is 3.73. The molecule has 4 heterocycles. The summed E-state index contributed by atoms with van der Waals surface area (Å²) < 4.78 is 5.31. The lowest BCUT2D eigenvalue weighted by atomic mass is 10.0. The van der Waals surface area contributed by atoms with Gasteiger partial charge in [0.25, 0.3) is 5.91 Å². The van der Waals surface area contributed by atoms with Crippen LogP contribution in [0, 0.1) is 13.8 Å². The minimum Gasteiger partial charge on any atom is -0.361 e. The van der Waals surface area contributed by atoms with E-state index in [0.717, 1.165) is 41.4 Å². The number of hydrogen-bond acceptors (Lipinski definition) is 7. The molecule has 166 valence electrons. The number of aryl methyl sites for hydroxylation is 2. The van der Waals surface area contributed by atoms with Crippen LogP contribution < -0.4 is 4.90 Å². The molecule has 0 bridgehead atoms. The molecule has 0 saturated carbocycles. The highest BCUT2D eigenvalue weighted by Gasteiger charge is 2.36. The van der Waals surface area contributed by atoms with Gasteiger partial charge in [0.15, 0.2) is 5.01 Å². The average Bonchev–Trinajstić information content (AvgIpc) is 3.54. The van der Waals surface area contributed by atoms with E-state index in [1.807, 2.05) is 53.3 Å². The van der Waals surface area contributed by atoms with Gasteiger partial charge in [-0.2, -0.15) is 0 Å². The van der Waals surface area contributed by atoms with Crippen LogP contribution in [-0.4, -0.2) is 70.5 Å². The topological polar surface area (TPSA) is 82.8 Å². The third-order valence-electron chi connectivity index (χ3n) is 6.32. The van der Waals surface area contributed by atoms with E-state index >= 15 is 0 Å². The van der Waals surface area contributed by atoms with E-state index in [9.17, 15) is 9.59 Å². The summed E-state index contributed by atoms with van der Waals surface area (Å²) in [5, 5.41) is 6.41. The Labute approximate surface area is 190 Å². The van der Waals surface area contributed by atoms with E-state index in [1.54, 1.807) is 6.20 Å². The molecule has 1 aromatic carbocycles. The molecule has 32 heavy (non-hydrogen) atoms. The van der Waals surface area contributed by atoms with Gasteiger partial charge in [0.05, 0.1) is 5.69 Å². The maximum atomic E-state index is 12.9. The van der Waals surface area contributed by atoms with Crippen molar-refractivity contribution in [3.8, 4) is 11.1 Å². The van der Waals surface area contributed by atoms with Crippen molar-refractivity contribution < 1.29 is 14.1 Å². The SMILES string of the molecule is Cc1noc(C)c1-c1cccc(N2CC(N3CCN(C(=O)c4nccs4)CC3)CC2=O)c1. The minimum atomic E-state index is -0.0000804. The molecule has 3 aromatic rings. The molecule has 2 amide bonds. The van der Waals surface area contributed by atoms with Crippen molar-refractivity contribution in [1.29, 1.82) is 0 Å². The molecule has 5 rings (SSSR count). The summed E-state index contributed by atoms with van der Waals surface area (Å²) in [6.45, 7) is 7.33. The lowest BCUT2D eigenvalue weighted by Crippen LogP contribution is -2.52. The van der Waals surface area contributed by atoms with Crippen molar-refractivity contribution in [2.45, 2.75) is 26.3 Å². The molecule has 2 aliphatic heterocycles. The smallest absolute Gasteiger partial charge is 0.282 e. The second-order valence-corrected chi connectivity index (χ2v) is 9.17. The lowest BCUT2D eigenvalue weighted by Gasteiger charge is -2.37. The molecule has 9 heteroatoms. The molecule has 2 aromatic heterocycles. The Morgan fingerprint density at radius 1 is 1.19 bits per heavy atom. The number of carbonyl (C=O) groups is 2. The second kappa shape index (κ2) is 8.48. The van der Waals surface area contributed by atoms with Crippen LogP contribution in [0.2, 0.25) is 0 Å². The van der Waals surface area contributed by atoms with Gasteiger partial charge in [-0.3, -0.25) is 14.5 Å². The van der Waals surface area contributed by atoms with Gasteiger partial charge < -0.3 is 14.3 Å². The fourth-order valence-corrected chi connectivity index (χ4v) is 5.26. The normalized spacial score (nSPS) is 19.7. The largest absolute Gasteiger partial charge is 0.361 e. The quantitative estimate of drug-likeness (QED) is 0.607. The average molecular weight is 452 g/mol. The zero-order valence-electron chi connectivity index (χ0n) is 18.2. The monoisotopic (exact) mass is 451 g/mol. The fourth-order valence-electron chi connectivity index (χ4n) is 4.66. The number of nitrogens with zero attached hydrogens (tertiary/aromatic N) is 5. The number of carbonyl (C=O) groups excluding carboxylic acids is 2. The summed E-state index contributed by atoms with van der Waals surface area (Å²) in [6, 6.07) is 8.17. The molecule has 1 atom stereocenters. The van der Waals surface area contributed by atoms with Gasteiger partial charge in [-0.1, -0.05) is 17.3 Å². The standard InChI is InChI=1S/C23H25N5O3S/c1-15-21(16(2)31-25-15)17-4-3-5-18(12-17)28-14-19(13-20(28)29)26-7-9-27(10-8-26)23(30)22-24-6-11-32-22/h3-6,11-12,19H,7-10,13-14H2,1-2H3. The van der Waals surface area contributed by atoms with Crippen molar-refractivity contribution in [3.63, 3.8) is 0 Å². The molecule has 2 aliphatic rings. The number of thiazole rings is 1. The molecule has 1 unspecified atom stereocenters. The van der Waals surface area contributed by atoms with Gasteiger partial charge in [0.2, 0.25) is 5.91 Å². The predicted octanol–water partition coefficient (Wildman–Crippen LogP) is 2.98. The number of rotatable bonds is 4. The first-order valence-corrected chi connectivity index (χ1v) is 11.7. The van der Waals surface area contributed by atoms with E-state index in [2.05, 4.69) is 15.0 Å². The van der Waals surface area contributed by atoms with Crippen LogP contribution >= 0.6 is 11.3 Å². The van der Waals surface area contributed by atoms with Gasteiger partial charge in [-0.15, -0.1) is 11.3 Å². The van der Waals surface area contributed by atoms with E-state index in [-0.39, 0.29) is 17.9 Å². The van der Waals surface area contributed by atoms with Crippen molar-refractivity contribution in [1.82, 2.24) is 19.9 Å². The zero-order chi connectivity index (χ0) is 22.2. The molecule has 0 spiro atoms. The van der Waals surface area contributed by atoms with E-state index in [1.165, 1.54) is 11.3 Å². The Morgan fingerprint density at radius 3 is 2.69 bits per heavy atom. The summed E-state index contributed by atoms with van der Waals surface area (Å²) in [7, 11) is 0. The molecular weight excluding hydrogens is 426 g/mol. The number of hydrogen-bond donors (Lipinski definition) is 0. The summed E-state index contributed by atoms with van der Waals surface area (Å²) in [5.74, 6) is 0.905. The van der Waals surface area contributed by atoms with Gasteiger partial charge in [-0.05, 0) is 31.5 Å². The van der Waals surface area contributed by atoms with Crippen LogP contribution in [0.4, 0.5) is 5.69 Å². The van der Waals surface area contributed by atoms with E-state index in [4.69, 9.17) is 4.52 Å². The van der Waals surface area contributed by atoms with Crippen LogP contribution in [0.15, 0.2) is 40.4 Å². The third kappa shape index (κ3) is 3.82. The van der Waals surface area contributed by atoms with Crippen molar-refractivity contribution in [3.05, 3.63) is 52.3 Å². The highest BCUT2D eigenvalue weighted by molar-refractivity contribution is 7.11. The summed E-state index contributed by atoms with van der Waals surface area (Å²) in [6.07, 6.45) is 2.16. The minimum absolute atomic E-state index is 0.0000804. The number of benzene rings is 1. The molecule has 0 radical (unpaired) electrons. The molecule has 2 saturated heterocycles. The maximum absolute atomic E-state index is 12.9. The first kappa shape index (κ1) is 20.8. The molecule has 0 aliphatic carbocycles. The van der Waals surface area contributed by atoms with Gasteiger partial charge in [-0.25, -0.2) is 4.98 Å². The maximum Gasteiger partial charge on any atom is 0.282 e. The first-order chi connectivity index (χ1) is 15.5. The molecule has 0 N–H and O–H groups in total. The van der Waals surface area contributed by atoms with Crippen LogP contribution in [0.25, 0.3) is 11.1 Å². The van der Waals surface area contributed by atoms with Crippen molar-refractivity contribution in [2.75, 3.05) is 37.6 Å². The number of piperazine rings is 1. The van der Waals surface area contributed by atoms with E-state index < -0.39 is 0 Å². The highest BCUT2D eigenvalue weighted by atomic mass is 32.1. The Kier molecular flexibility index (Phi) is 5.52. The lowest BCUT2D eigenvalue weighted by molar-refractivity contribution is -0.117.